The number of guanidine groups is 1. The van der Waals surface area contributed by atoms with E-state index in [1.165, 1.54) is 12.1 Å². The van der Waals surface area contributed by atoms with Crippen molar-refractivity contribution < 1.29 is 27.9 Å². The molecule has 2 amide bonds. The number of hydrogen-bond acceptors (Lipinski definition) is 6. The van der Waals surface area contributed by atoms with Gasteiger partial charge >= 0.3 is 5.97 Å². The molecule has 40 heavy (non-hydrogen) atoms. The van der Waals surface area contributed by atoms with Gasteiger partial charge in [-0.3, -0.25) is 15.0 Å². The van der Waals surface area contributed by atoms with Crippen LogP contribution < -0.4 is 21.1 Å². The number of carbonyl (C=O) groups excluding carboxylic acids is 2. The van der Waals surface area contributed by atoms with Crippen LogP contribution in [0, 0.1) is 17.2 Å². The first kappa shape index (κ1) is 30.8. The number of amides is 2. The van der Waals surface area contributed by atoms with E-state index in [2.05, 4.69) is 15.4 Å². The second kappa shape index (κ2) is 13.6. The molecule has 218 valence electrons. The molecule has 0 spiro atoms. The Morgan fingerprint density at radius 2 is 1.82 bits per heavy atom. The highest BCUT2D eigenvalue weighted by Gasteiger charge is 2.32. The van der Waals surface area contributed by atoms with E-state index in [9.17, 15) is 27.9 Å². The normalized spacial score (nSPS) is 17.3. The summed E-state index contributed by atoms with van der Waals surface area (Å²) in [6.07, 6.45) is 1.22. The molecule has 0 aliphatic carbocycles. The van der Waals surface area contributed by atoms with Crippen LogP contribution in [0.25, 0.3) is 10.8 Å². The van der Waals surface area contributed by atoms with Crippen LogP contribution in [0.15, 0.2) is 47.4 Å². The van der Waals surface area contributed by atoms with Crippen molar-refractivity contribution in [2.75, 3.05) is 19.6 Å². The van der Waals surface area contributed by atoms with Gasteiger partial charge in [-0.25, -0.2) is 13.2 Å². The van der Waals surface area contributed by atoms with Gasteiger partial charge in [-0.15, -0.1) is 0 Å². The van der Waals surface area contributed by atoms with Crippen molar-refractivity contribution in [3.63, 3.8) is 0 Å². The minimum atomic E-state index is -4.26. The molecule has 0 radical (unpaired) electrons. The van der Waals surface area contributed by atoms with Crippen molar-refractivity contribution in [2.24, 2.45) is 17.6 Å². The molecule has 3 atom stereocenters. The number of piperidine rings is 1. The number of likely N-dealkylation sites (tertiary alicyclic amines) is 1. The smallest absolute Gasteiger partial charge is 0.326 e. The quantitative estimate of drug-likeness (QED) is 0.161. The third-order valence-electron chi connectivity index (χ3n) is 6.80. The summed E-state index contributed by atoms with van der Waals surface area (Å²) in [5.74, 6) is -2.79. The first-order valence-corrected chi connectivity index (χ1v) is 14.7. The number of rotatable bonds is 12. The SMILES string of the molecule is CC(C)C[C@@H](NC(=O)[C@H](CC(=O)NC[C@@H]1CCCN(C(=N)N)C1)NS(=O)(=O)c1ccc2ccccc2c1)C(=O)O. The number of fused-ring (bicyclic) bond motifs is 1. The largest absolute Gasteiger partial charge is 0.480 e. The highest BCUT2D eigenvalue weighted by molar-refractivity contribution is 7.89. The average Bonchev–Trinajstić information content (AvgIpc) is 2.90. The van der Waals surface area contributed by atoms with Gasteiger partial charge < -0.3 is 26.4 Å². The second-order valence-corrected chi connectivity index (χ2v) is 12.3. The molecule has 0 bridgehead atoms. The number of carboxylic acid groups (broad SMARTS) is 1. The van der Waals surface area contributed by atoms with Crippen LogP contribution in [-0.4, -0.2) is 73.9 Å². The molecule has 0 saturated carbocycles. The number of carbonyl (C=O) groups is 3. The predicted molar refractivity (Wildman–Crippen MR) is 151 cm³/mol. The van der Waals surface area contributed by atoms with Gasteiger partial charge in [0.05, 0.1) is 11.3 Å². The molecule has 1 heterocycles. The van der Waals surface area contributed by atoms with Crippen LogP contribution in [0.2, 0.25) is 0 Å². The number of sulfonamides is 1. The zero-order valence-corrected chi connectivity index (χ0v) is 23.5. The Labute approximate surface area is 234 Å². The van der Waals surface area contributed by atoms with Crippen molar-refractivity contribution in [3.05, 3.63) is 42.5 Å². The molecule has 0 aromatic heterocycles. The van der Waals surface area contributed by atoms with Gasteiger partial charge in [0, 0.05) is 19.6 Å². The molecule has 7 N–H and O–H groups in total. The molecule has 1 aliphatic heterocycles. The predicted octanol–water partition coefficient (Wildman–Crippen LogP) is 1.21. The summed E-state index contributed by atoms with van der Waals surface area (Å²) in [7, 11) is -4.26. The summed E-state index contributed by atoms with van der Waals surface area (Å²) in [6.45, 7) is 5.03. The zero-order chi connectivity index (χ0) is 29.4. The standard InChI is InChI=1S/C27H38N6O6S/c1-17(2)12-23(26(36)37)31-25(35)22(14-24(34)30-15-18-6-5-11-33(16-18)27(28)29)32-40(38,39)21-10-9-19-7-3-4-8-20(19)13-21/h3-4,7-10,13,17-18,22-23,32H,5-6,11-12,14-16H2,1-2H3,(H3,28,29)(H,30,34)(H,31,35)(H,36,37)/t18-,22-,23+/m0/s1. The van der Waals surface area contributed by atoms with Gasteiger partial charge in [0.15, 0.2) is 5.96 Å². The van der Waals surface area contributed by atoms with E-state index < -0.39 is 46.3 Å². The van der Waals surface area contributed by atoms with E-state index >= 15 is 0 Å². The Morgan fingerprint density at radius 1 is 1.12 bits per heavy atom. The Hall–Kier alpha value is -3.71. The highest BCUT2D eigenvalue weighted by Crippen LogP contribution is 2.20. The fourth-order valence-electron chi connectivity index (χ4n) is 4.71. The average molecular weight is 575 g/mol. The Morgan fingerprint density at radius 3 is 2.48 bits per heavy atom. The lowest BCUT2D eigenvalue weighted by Crippen LogP contribution is -2.53. The number of nitrogens with two attached hydrogens (primary N) is 1. The minimum Gasteiger partial charge on any atom is -0.480 e. The summed E-state index contributed by atoms with van der Waals surface area (Å²) in [5.41, 5.74) is 5.58. The number of hydrogen-bond donors (Lipinski definition) is 6. The molecule has 1 fully saturated rings. The third kappa shape index (κ3) is 8.65. The fraction of sp³-hybridized carbons (Fsp3) is 0.481. The van der Waals surface area contributed by atoms with Crippen molar-refractivity contribution in [1.82, 2.24) is 20.3 Å². The summed E-state index contributed by atoms with van der Waals surface area (Å²) < 4.78 is 28.9. The highest BCUT2D eigenvalue weighted by atomic mass is 32.2. The van der Waals surface area contributed by atoms with Crippen LogP contribution in [0.3, 0.4) is 0 Å². The molecule has 13 heteroatoms. The molecule has 2 aromatic carbocycles. The Kier molecular flexibility index (Phi) is 10.5. The molecule has 0 unspecified atom stereocenters. The van der Waals surface area contributed by atoms with E-state index in [0.717, 1.165) is 18.2 Å². The fourth-order valence-corrected chi connectivity index (χ4v) is 5.94. The first-order valence-electron chi connectivity index (χ1n) is 13.3. The maximum atomic E-state index is 13.3. The number of benzene rings is 2. The van der Waals surface area contributed by atoms with Gasteiger partial charge in [-0.2, -0.15) is 4.72 Å². The number of aliphatic carboxylic acids is 1. The summed E-state index contributed by atoms with van der Waals surface area (Å²) in [6, 6.07) is 8.91. The monoisotopic (exact) mass is 574 g/mol. The van der Waals surface area contributed by atoms with Crippen LogP contribution in [0.5, 0.6) is 0 Å². The molecular weight excluding hydrogens is 536 g/mol. The Balaban J connectivity index is 1.77. The maximum absolute atomic E-state index is 13.3. The zero-order valence-electron chi connectivity index (χ0n) is 22.7. The molecule has 1 saturated heterocycles. The van der Waals surface area contributed by atoms with Crippen molar-refractivity contribution in [3.8, 4) is 0 Å². The van der Waals surface area contributed by atoms with E-state index in [1.807, 2.05) is 12.1 Å². The third-order valence-corrected chi connectivity index (χ3v) is 8.27. The van der Waals surface area contributed by atoms with E-state index in [1.54, 1.807) is 36.9 Å². The lowest BCUT2D eigenvalue weighted by atomic mass is 9.98. The van der Waals surface area contributed by atoms with Crippen LogP contribution in [-0.2, 0) is 24.4 Å². The number of nitrogens with zero attached hydrogens (tertiary/aromatic N) is 1. The molecule has 1 aliphatic rings. The van der Waals surface area contributed by atoms with Crippen LogP contribution in [0.4, 0.5) is 0 Å². The summed E-state index contributed by atoms with van der Waals surface area (Å²) >= 11 is 0. The maximum Gasteiger partial charge on any atom is 0.326 e. The minimum absolute atomic E-state index is 0.0330. The second-order valence-electron chi connectivity index (χ2n) is 10.6. The lowest BCUT2D eigenvalue weighted by molar-refractivity contribution is -0.142. The lowest BCUT2D eigenvalue weighted by Gasteiger charge is -2.33. The van der Waals surface area contributed by atoms with E-state index in [-0.39, 0.29) is 35.7 Å². The van der Waals surface area contributed by atoms with Gasteiger partial charge in [0.1, 0.15) is 12.1 Å². The Bertz CT molecular complexity index is 1350. The van der Waals surface area contributed by atoms with Crippen molar-refractivity contribution in [1.29, 1.82) is 5.41 Å². The molecule has 12 nitrogen and oxygen atoms in total. The van der Waals surface area contributed by atoms with Gasteiger partial charge in [0.25, 0.3) is 0 Å². The van der Waals surface area contributed by atoms with Crippen molar-refractivity contribution >= 4 is 44.5 Å². The van der Waals surface area contributed by atoms with E-state index in [0.29, 0.717) is 18.5 Å². The first-order chi connectivity index (χ1) is 18.9. The van der Waals surface area contributed by atoms with Crippen LogP contribution >= 0.6 is 0 Å². The number of nitrogens with one attached hydrogen (secondary N) is 4. The summed E-state index contributed by atoms with van der Waals surface area (Å²) in [4.78, 5) is 39.4. The molecular formula is C27H38N6O6S. The van der Waals surface area contributed by atoms with E-state index in [4.69, 9.17) is 11.1 Å². The van der Waals surface area contributed by atoms with Crippen LogP contribution in [0.1, 0.15) is 39.5 Å². The summed E-state index contributed by atoms with van der Waals surface area (Å²) in [5, 5.41) is 23.9. The van der Waals surface area contributed by atoms with Gasteiger partial charge in [0.2, 0.25) is 21.8 Å². The van der Waals surface area contributed by atoms with Gasteiger partial charge in [-0.1, -0.05) is 44.2 Å². The van der Waals surface area contributed by atoms with Gasteiger partial charge in [-0.05, 0) is 54.0 Å². The van der Waals surface area contributed by atoms with Crippen molar-refractivity contribution in [2.45, 2.75) is 56.5 Å². The number of carboxylic acids is 1. The topological polar surface area (TPSA) is 195 Å². The molecule has 2 aromatic rings. The molecule has 3 rings (SSSR count).